The molecule has 0 spiro atoms. The molecule has 1 unspecified atom stereocenters. The lowest BCUT2D eigenvalue weighted by Gasteiger charge is -2.17. The lowest BCUT2D eigenvalue weighted by Crippen LogP contribution is -2.17. The largest absolute Gasteiger partial charge is 0.497 e. The third kappa shape index (κ3) is 3.35. The molecular formula is C15H21N3O. The zero-order valence-electron chi connectivity index (χ0n) is 14.0. The molecule has 102 valence electrons. The van der Waals surface area contributed by atoms with Crippen molar-refractivity contribution in [1.29, 1.82) is 0 Å². The van der Waals surface area contributed by atoms with Gasteiger partial charge >= 0.3 is 0 Å². The summed E-state index contributed by atoms with van der Waals surface area (Å²) in [4.78, 5) is 4.37. The average Bonchev–Trinajstić information content (AvgIpc) is 2.43. The summed E-state index contributed by atoms with van der Waals surface area (Å²) in [5.74, 6) is 0.300. The van der Waals surface area contributed by atoms with Crippen LogP contribution in [0.4, 0.5) is 5.69 Å². The SMILES string of the molecule is [2H][13C]([2H])([2H])Oc1cc(NC(C)CCCN)c2ncccc2c1. The van der Waals surface area contributed by atoms with Gasteiger partial charge in [-0.25, -0.2) is 0 Å². The summed E-state index contributed by atoms with van der Waals surface area (Å²) >= 11 is 0. The van der Waals surface area contributed by atoms with Gasteiger partial charge in [-0.15, -0.1) is 0 Å². The van der Waals surface area contributed by atoms with Crippen LogP contribution in [0.15, 0.2) is 30.5 Å². The van der Waals surface area contributed by atoms with Gasteiger partial charge in [-0.2, -0.15) is 0 Å². The lowest BCUT2D eigenvalue weighted by molar-refractivity contribution is 0.415. The molecule has 0 saturated carbocycles. The van der Waals surface area contributed by atoms with Crippen LogP contribution < -0.4 is 15.8 Å². The zero-order chi connectivity index (χ0) is 16.2. The Hall–Kier alpha value is -1.81. The third-order valence-corrected chi connectivity index (χ3v) is 3.04. The standard InChI is InChI=1S/C15H21N3O/c1-11(5-3-7-16)18-14-10-13(19-2)9-12-6-4-8-17-15(12)14/h4,6,8-11,18H,3,5,7,16H2,1-2H3/i2+1D3. The van der Waals surface area contributed by atoms with Gasteiger partial charge in [0, 0.05) is 23.7 Å². The van der Waals surface area contributed by atoms with E-state index >= 15 is 0 Å². The number of nitrogens with zero attached hydrogens (tertiary/aromatic N) is 1. The first-order valence-electron chi connectivity index (χ1n) is 7.93. The predicted octanol–water partition coefficient (Wildman–Crippen LogP) is 2.78. The molecule has 3 N–H and O–H groups in total. The fraction of sp³-hybridized carbons (Fsp3) is 0.400. The molecule has 0 aliphatic heterocycles. The first kappa shape index (κ1) is 10.0. The first-order valence-corrected chi connectivity index (χ1v) is 6.43. The van der Waals surface area contributed by atoms with E-state index in [1.807, 2.05) is 12.1 Å². The van der Waals surface area contributed by atoms with E-state index in [0.29, 0.717) is 12.3 Å². The number of ether oxygens (including phenoxy) is 1. The minimum Gasteiger partial charge on any atom is -0.497 e. The second-order valence-corrected chi connectivity index (χ2v) is 4.62. The Bertz CT molecular complexity index is 631. The maximum Gasteiger partial charge on any atom is 0.121 e. The van der Waals surface area contributed by atoms with Crippen molar-refractivity contribution in [3.63, 3.8) is 0 Å². The van der Waals surface area contributed by atoms with Crippen LogP contribution in [0, 0.1) is 0 Å². The normalized spacial score (nSPS) is 15.4. The number of nitrogens with two attached hydrogens (primary N) is 1. The van der Waals surface area contributed by atoms with Crippen LogP contribution in [0.1, 0.15) is 23.9 Å². The van der Waals surface area contributed by atoms with Crippen molar-refractivity contribution in [2.75, 3.05) is 18.9 Å². The summed E-state index contributed by atoms with van der Waals surface area (Å²) in [5, 5.41) is 4.20. The molecule has 1 aromatic carbocycles. The number of methoxy groups -OCH3 is 1. The van der Waals surface area contributed by atoms with Crippen molar-refractivity contribution in [1.82, 2.24) is 4.98 Å². The molecule has 1 atom stereocenters. The van der Waals surface area contributed by atoms with Crippen molar-refractivity contribution < 1.29 is 8.85 Å². The number of benzene rings is 1. The van der Waals surface area contributed by atoms with Crippen molar-refractivity contribution in [3.05, 3.63) is 30.5 Å². The van der Waals surface area contributed by atoms with E-state index in [2.05, 4.69) is 17.2 Å². The Kier molecular flexibility index (Phi) is 3.37. The molecule has 1 aromatic heterocycles. The molecule has 0 radical (unpaired) electrons. The number of nitrogens with one attached hydrogen (secondary N) is 1. The second kappa shape index (κ2) is 6.38. The van der Waals surface area contributed by atoms with Gasteiger partial charge in [0.1, 0.15) is 5.75 Å². The van der Waals surface area contributed by atoms with Gasteiger partial charge in [0.25, 0.3) is 0 Å². The zero-order valence-corrected chi connectivity index (χ0v) is 11.0. The maximum absolute atomic E-state index is 7.24. The highest BCUT2D eigenvalue weighted by atomic mass is 16.5. The van der Waals surface area contributed by atoms with Crippen LogP contribution in [-0.4, -0.2) is 24.6 Å². The highest BCUT2D eigenvalue weighted by Crippen LogP contribution is 2.28. The number of aromatic nitrogens is 1. The number of rotatable bonds is 6. The molecule has 2 aromatic rings. The Morgan fingerprint density at radius 3 is 3.21 bits per heavy atom. The second-order valence-electron chi connectivity index (χ2n) is 4.62. The van der Waals surface area contributed by atoms with Crippen molar-refractivity contribution in [3.8, 4) is 5.75 Å². The summed E-state index contributed by atoms with van der Waals surface area (Å²) in [5.41, 5.74) is 7.09. The summed E-state index contributed by atoms with van der Waals surface area (Å²) < 4.78 is 26.7. The van der Waals surface area contributed by atoms with E-state index in [1.165, 1.54) is 0 Å². The Labute approximate surface area is 118 Å². The van der Waals surface area contributed by atoms with Gasteiger partial charge in [0.2, 0.25) is 0 Å². The Morgan fingerprint density at radius 1 is 1.53 bits per heavy atom. The van der Waals surface area contributed by atoms with E-state index < -0.39 is 7.04 Å². The van der Waals surface area contributed by atoms with Crippen LogP contribution in [0.5, 0.6) is 5.75 Å². The monoisotopic (exact) mass is 263 g/mol. The molecular weight excluding hydrogens is 239 g/mol. The predicted molar refractivity (Wildman–Crippen MR) is 79.7 cm³/mol. The van der Waals surface area contributed by atoms with Crippen molar-refractivity contribution in [2.24, 2.45) is 5.73 Å². The topological polar surface area (TPSA) is 60.2 Å². The van der Waals surface area contributed by atoms with E-state index in [0.717, 1.165) is 29.4 Å². The van der Waals surface area contributed by atoms with Gasteiger partial charge in [-0.1, -0.05) is 6.07 Å². The van der Waals surface area contributed by atoms with Crippen LogP contribution in [0.3, 0.4) is 0 Å². The summed E-state index contributed by atoms with van der Waals surface area (Å²) in [6, 6.07) is 7.26. The smallest absolute Gasteiger partial charge is 0.121 e. The van der Waals surface area contributed by atoms with E-state index in [9.17, 15) is 0 Å². The minimum atomic E-state index is -2.47. The van der Waals surface area contributed by atoms with Crippen LogP contribution >= 0.6 is 0 Å². The van der Waals surface area contributed by atoms with E-state index in [1.54, 1.807) is 18.3 Å². The summed E-state index contributed by atoms with van der Waals surface area (Å²) in [6.45, 7) is 2.70. The third-order valence-electron chi connectivity index (χ3n) is 3.04. The molecule has 1 heterocycles. The molecule has 0 aliphatic carbocycles. The number of hydrogen-bond donors (Lipinski definition) is 2. The minimum absolute atomic E-state index is 0.205. The molecule has 4 nitrogen and oxygen atoms in total. The van der Waals surface area contributed by atoms with Gasteiger partial charge in [0.05, 0.1) is 22.4 Å². The fourth-order valence-corrected chi connectivity index (χ4v) is 2.10. The van der Waals surface area contributed by atoms with Crippen LogP contribution in [-0.2, 0) is 0 Å². The first-order chi connectivity index (χ1) is 10.4. The molecule has 0 bridgehead atoms. The molecule has 19 heavy (non-hydrogen) atoms. The van der Waals surface area contributed by atoms with Gasteiger partial charge in [0.15, 0.2) is 0 Å². The highest BCUT2D eigenvalue weighted by Gasteiger charge is 2.08. The van der Waals surface area contributed by atoms with Gasteiger partial charge in [-0.3, -0.25) is 4.98 Å². The molecule has 0 amide bonds. The quantitative estimate of drug-likeness (QED) is 0.787. The molecule has 0 saturated heterocycles. The Balaban J connectivity index is 2.33. The van der Waals surface area contributed by atoms with E-state index in [-0.39, 0.29) is 6.04 Å². The number of pyridine rings is 1. The molecule has 0 fully saturated rings. The van der Waals surface area contributed by atoms with Gasteiger partial charge in [-0.05, 0) is 38.4 Å². The molecule has 4 heteroatoms. The van der Waals surface area contributed by atoms with Crippen LogP contribution in [0.2, 0.25) is 0 Å². The number of hydrogen-bond acceptors (Lipinski definition) is 4. The number of anilines is 1. The van der Waals surface area contributed by atoms with Gasteiger partial charge < -0.3 is 15.8 Å². The van der Waals surface area contributed by atoms with E-state index in [4.69, 9.17) is 14.6 Å². The molecule has 2 rings (SSSR count). The fourth-order valence-electron chi connectivity index (χ4n) is 2.10. The summed E-state index contributed by atoms with van der Waals surface area (Å²) in [7, 11) is -2.47. The summed E-state index contributed by atoms with van der Waals surface area (Å²) in [6.07, 6.45) is 3.56. The molecule has 0 aliphatic rings. The van der Waals surface area contributed by atoms with Crippen molar-refractivity contribution in [2.45, 2.75) is 25.8 Å². The Morgan fingerprint density at radius 2 is 2.42 bits per heavy atom. The number of fused-ring (bicyclic) bond motifs is 1. The highest BCUT2D eigenvalue weighted by molar-refractivity contribution is 5.91. The maximum atomic E-state index is 7.24. The van der Waals surface area contributed by atoms with Crippen LogP contribution in [0.25, 0.3) is 10.9 Å². The lowest BCUT2D eigenvalue weighted by atomic mass is 10.1. The van der Waals surface area contributed by atoms with Crippen molar-refractivity contribution >= 4 is 16.6 Å². The average molecular weight is 263 g/mol.